The molecular weight excluding hydrogens is 302 g/mol. The topological polar surface area (TPSA) is 58.2 Å². The molecule has 2 aromatic rings. The molecule has 0 atom stereocenters. The molecule has 23 heavy (non-hydrogen) atoms. The van der Waals surface area contributed by atoms with Gasteiger partial charge in [-0.3, -0.25) is 9.59 Å². The van der Waals surface area contributed by atoms with Crippen LogP contribution >= 0.6 is 0 Å². The van der Waals surface area contributed by atoms with Crippen molar-refractivity contribution in [2.75, 3.05) is 6.54 Å². The molecule has 0 aromatic heterocycles. The molecular formula is C17H16F2N2O2. The van der Waals surface area contributed by atoms with Crippen LogP contribution in [0.15, 0.2) is 42.5 Å². The van der Waals surface area contributed by atoms with Crippen molar-refractivity contribution in [1.82, 2.24) is 10.6 Å². The molecule has 2 aromatic carbocycles. The van der Waals surface area contributed by atoms with Crippen LogP contribution in [0.5, 0.6) is 0 Å². The molecule has 4 nitrogen and oxygen atoms in total. The zero-order chi connectivity index (χ0) is 16.8. The molecule has 2 amide bonds. The van der Waals surface area contributed by atoms with Gasteiger partial charge >= 0.3 is 0 Å². The third kappa shape index (κ3) is 4.60. The Morgan fingerprint density at radius 2 is 1.74 bits per heavy atom. The number of nitrogens with one attached hydrogen (secondary N) is 2. The summed E-state index contributed by atoms with van der Waals surface area (Å²) in [6, 6.07) is 10.2. The number of hydrogen-bond donors (Lipinski definition) is 2. The van der Waals surface area contributed by atoms with Gasteiger partial charge < -0.3 is 10.6 Å². The molecule has 0 saturated carbocycles. The van der Waals surface area contributed by atoms with E-state index in [1.54, 1.807) is 19.1 Å². The van der Waals surface area contributed by atoms with Crippen LogP contribution in [0.1, 0.15) is 21.5 Å². The van der Waals surface area contributed by atoms with Gasteiger partial charge in [-0.15, -0.1) is 0 Å². The molecule has 0 aliphatic rings. The van der Waals surface area contributed by atoms with Crippen LogP contribution in [0, 0.1) is 18.6 Å². The largest absolute Gasteiger partial charge is 0.350 e. The van der Waals surface area contributed by atoms with Gasteiger partial charge in [0, 0.05) is 6.54 Å². The van der Waals surface area contributed by atoms with Crippen molar-refractivity contribution in [3.05, 3.63) is 70.8 Å². The molecule has 2 rings (SSSR count). The van der Waals surface area contributed by atoms with E-state index < -0.39 is 17.6 Å². The van der Waals surface area contributed by atoms with Gasteiger partial charge in [-0.2, -0.15) is 0 Å². The molecule has 0 fully saturated rings. The average Bonchev–Trinajstić information content (AvgIpc) is 2.54. The molecule has 6 heteroatoms. The number of carbonyl (C=O) groups is 2. The van der Waals surface area contributed by atoms with Gasteiger partial charge in [-0.25, -0.2) is 8.78 Å². The molecule has 0 unspecified atom stereocenters. The molecule has 0 bridgehead atoms. The Bertz CT molecular complexity index is 732. The van der Waals surface area contributed by atoms with E-state index >= 15 is 0 Å². The minimum absolute atomic E-state index is 0.124. The highest BCUT2D eigenvalue weighted by molar-refractivity contribution is 5.96. The quantitative estimate of drug-likeness (QED) is 0.889. The highest BCUT2D eigenvalue weighted by Gasteiger charge is 2.11. The fraction of sp³-hybridized carbons (Fsp3) is 0.176. The van der Waals surface area contributed by atoms with Crippen molar-refractivity contribution in [1.29, 1.82) is 0 Å². The molecule has 0 aliphatic heterocycles. The van der Waals surface area contributed by atoms with Crippen molar-refractivity contribution >= 4 is 11.8 Å². The molecule has 2 N–H and O–H groups in total. The fourth-order valence-electron chi connectivity index (χ4n) is 1.91. The van der Waals surface area contributed by atoms with Crippen molar-refractivity contribution in [2.24, 2.45) is 0 Å². The van der Waals surface area contributed by atoms with E-state index in [0.29, 0.717) is 11.1 Å². The average molecular weight is 318 g/mol. The highest BCUT2D eigenvalue weighted by atomic mass is 19.1. The predicted molar refractivity (Wildman–Crippen MR) is 81.7 cm³/mol. The van der Waals surface area contributed by atoms with Crippen molar-refractivity contribution < 1.29 is 18.4 Å². The zero-order valence-electron chi connectivity index (χ0n) is 12.5. The number of halogens is 2. The minimum Gasteiger partial charge on any atom is -0.350 e. The van der Waals surface area contributed by atoms with E-state index in [-0.39, 0.29) is 24.5 Å². The lowest BCUT2D eigenvalue weighted by Crippen LogP contribution is -2.36. The summed E-state index contributed by atoms with van der Waals surface area (Å²) in [5, 5.41) is 4.88. The number of hydrogen-bond acceptors (Lipinski definition) is 2. The summed E-state index contributed by atoms with van der Waals surface area (Å²) < 4.78 is 26.8. The summed E-state index contributed by atoms with van der Waals surface area (Å²) in [6.07, 6.45) is 0. The van der Waals surface area contributed by atoms with Crippen LogP contribution in [0.25, 0.3) is 0 Å². The normalized spacial score (nSPS) is 10.2. The van der Waals surface area contributed by atoms with E-state index in [9.17, 15) is 18.4 Å². The van der Waals surface area contributed by atoms with Gasteiger partial charge in [0.15, 0.2) is 0 Å². The van der Waals surface area contributed by atoms with E-state index in [2.05, 4.69) is 10.6 Å². The second kappa shape index (κ2) is 7.49. The lowest BCUT2D eigenvalue weighted by atomic mass is 10.1. The maximum atomic E-state index is 13.4. The smallest absolute Gasteiger partial charge is 0.254 e. The zero-order valence-corrected chi connectivity index (χ0v) is 12.5. The van der Waals surface area contributed by atoms with E-state index in [0.717, 1.165) is 0 Å². The lowest BCUT2D eigenvalue weighted by molar-refractivity contribution is -0.120. The summed E-state index contributed by atoms with van der Waals surface area (Å²) in [6.45, 7) is 1.50. The first-order valence-electron chi connectivity index (χ1n) is 7.02. The number of amides is 2. The Labute approximate surface area is 132 Å². The SMILES string of the molecule is Cc1ccc(CNC(=O)CNC(=O)c2ccccc2F)cc1F. The van der Waals surface area contributed by atoms with Gasteiger partial charge in [-0.1, -0.05) is 24.3 Å². The lowest BCUT2D eigenvalue weighted by Gasteiger charge is -2.08. The number of carbonyl (C=O) groups excluding carboxylic acids is 2. The Morgan fingerprint density at radius 3 is 2.43 bits per heavy atom. The Morgan fingerprint density at radius 1 is 1.00 bits per heavy atom. The standard InChI is InChI=1S/C17H16F2N2O2/c1-11-6-7-12(8-15(11)19)9-20-16(22)10-21-17(23)13-4-2-3-5-14(13)18/h2-8H,9-10H2,1H3,(H,20,22)(H,21,23). The van der Waals surface area contributed by atoms with Crippen molar-refractivity contribution in [3.8, 4) is 0 Å². The Kier molecular flexibility index (Phi) is 5.41. The number of aryl methyl sites for hydroxylation is 1. The second-order valence-corrected chi connectivity index (χ2v) is 5.02. The maximum absolute atomic E-state index is 13.4. The van der Waals surface area contributed by atoms with Gasteiger partial charge in [0.25, 0.3) is 5.91 Å². The summed E-state index contributed by atoms with van der Waals surface area (Å²) in [5.41, 5.74) is 1.01. The molecule has 120 valence electrons. The van der Waals surface area contributed by atoms with Crippen molar-refractivity contribution in [3.63, 3.8) is 0 Å². The van der Waals surface area contributed by atoms with E-state index in [4.69, 9.17) is 0 Å². The van der Waals surface area contributed by atoms with E-state index in [1.807, 2.05) is 0 Å². The van der Waals surface area contributed by atoms with Gasteiger partial charge in [0.2, 0.25) is 5.91 Å². The summed E-state index contributed by atoms with van der Waals surface area (Å²) in [5.74, 6) is -2.11. The molecule has 0 saturated heterocycles. The predicted octanol–water partition coefficient (Wildman–Crippen LogP) is 2.32. The van der Waals surface area contributed by atoms with Gasteiger partial charge in [0.1, 0.15) is 11.6 Å². The number of benzene rings is 2. The van der Waals surface area contributed by atoms with Crippen LogP contribution in [0.3, 0.4) is 0 Å². The molecule has 0 spiro atoms. The minimum atomic E-state index is -0.667. The monoisotopic (exact) mass is 318 g/mol. The van der Waals surface area contributed by atoms with Crippen molar-refractivity contribution in [2.45, 2.75) is 13.5 Å². The fourth-order valence-corrected chi connectivity index (χ4v) is 1.91. The maximum Gasteiger partial charge on any atom is 0.254 e. The highest BCUT2D eigenvalue weighted by Crippen LogP contribution is 2.09. The third-order valence-corrected chi connectivity index (χ3v) is 3.25. The van der Waals surface area contributed by atoms with Crippen LogP contribution in [0.4, 0.5) is 8.78 Å². The number of rotatable bonds is 5. The molecule has 0 aliphatic carbocycles. The molecule has 0 radical (unpaired) electrons. The van der Waals surface area contributed by atoms with Gasteiger partial charge in [0.05, 0.1) is 12.1 Å². The second-order valence-electron chi connectivity index (χ2n) is 5.02. The first-order valence-corrected chi connectivity index (χ1v) is 7.02. The first kappa shape index (κ1) is 16.6. The third-order valence-electron chi connectivity index (χ3n) is 3.25. The van der Waals surface area contributed by atoms with Crippen LogP contribution in [0.2, 0.25) is 0 Å². The summed E-state index contributed by atoms with van der Waals surface area (Å²) in [4.78, 5) is 23.4. The molecule has 0 heterocycles. The van der Waals surface area contributed by atoms with Crippen LogP contribution in [-0.2, 0) is 11.3 Å². The summed E-state index contributed by atoms with van der Waals surface area (Å²) in [7, 11) is 0. The summed E-state index contributed by atoms with van der Waals surface area (Å²) >= 11 is 0. The van der Waals surface area contributed by atoms with E-state index in [1.165, 1.54) is 30.3 Å². The van der Waals surface area contributed by atoms with Crippen LogP contribution in [-0.4, -0.2) is 18.4 Å². The Balaban J connectivity index is 1.82. The Hall–Kier alpha value is -2.76. The van der Waals surface area contributed by atoms with Crippen LogP contribution < -0.4 is 10.6 Å². The van der Waals surface area contributed by atoms with Gasteiger partial charge in [-0.05, 0) is 36.2 Å². The first-order chi connectivity index (χ1) is 11.0.